The Morgan fingerprint density at radius 3 is 2.44 bits per heavy atom. The molecular weight excluding hydrogens is 216 g/mol. The van der Waals surface area contributed by atoms with Crippen LogP contribution < -0.4 is 0 Å². The lowest BCUT2D eigenvalue weighted by Gasteiger charge is -2.10. The van der Waals surface area contributed by atoms with E-state index < -0.39 is 0 Å². The second-order valence-electron chi connectivity index (χ2n) is 4.64. The summed E-state index contributed by atoms with van der Waals surface area (Å²) in [5, 5.41) is 5.24. The molecule has 0 atom stereocenters. The molecule has 3 aromatic carbocycles. The van der Waals surface area contributed by atoms with Gasteiger partial charge in [0.25, 0.3) is 0 Å². The molecule has 3 aromatic rings. The van der Waals surface area contributed by atoms with E-state index in [4.69, 9.17) is 0 Å². The van der Waals surface area contributed by atoms with Gasteiger partial charge in [-0.2, -0.15) is 0 Å². The first-order valence-corrected chi connectivity index (χ1v) is 6.40. The number of hydrogen-bond donors (Lipinski definition) is 0. The molecule has 0 saturated carbocycles. The van der Waals surface area contributed by atoms with Gasteiger partial charge in [-0.15, -0.1) is 0 Å². The Morgan fingerprint density at radius 2 is 1.61 bits per heavy atom. The molecule has 0 bridgehead atoms. The van der Waals surface area contributed by atoms with Crippen molar-refractivity contribution in [1.82, 2.24) is 0 Å². The monoisotopic (exact) mass is 232 g/mol. The highest BCUT2D eigenvalue weighted by Gasteiger charge is 2.05. The van der Waals surface area contributed by atoms with Crippen molar-refractivity contribution in [3.8, 4) is 0 Å². The summed E-state index contributed by atoms with van der Waals surface area (Å²) in [6, 6.07) is 19.5. The van der Waals surface area contributed by atoms with Crippen LogP contribution in [0.25, 0.3) is 27.1 Å². The van der Waals surface area contributed by atoms with Crippen LogP contribution in [0.4, 0.5) is 0 Å². The molecule has 0 unspecified atom stereocenters. The Balaban J connectivity index is 2.43. The van der Waals surface area contributed by atoms with Gasteiger partial charge in [-0.1, -0.05) is 68.1 Å². The molecule has 0 aliphatic rings. The van der Waals surface area contributed by atoms with Crippen LogP contribution >= 0.6 is 0 Å². The Labute approximate surface area is 108 Å². The van der Waals surface area contributed by atoms with Gasteiger partial charge < -0.3 is 0 Å². The van der Waals surface area contributed by atoms with Crippen LogP contribution in [0.2, 0.25) is 0 Å². The van der Waals surface area contributed by atoms with Crippen molar-refractivity contribution < 1.29 is 0 Å². The van der Waals surface area contributed by atoms with E-state index >= 15 is 0 Å². The summed E-state index contributed by atoms with van der Waals surface area (Å²) in [5.41, 5.74) is 2.48. The molecule has 0 heterocycles. The van der Waals surface area contributed by atoms with Crippen LogP contribution in [0.3, 0.4) is 0 Å². The fraction of sp³-hybridized carbons (Fsp3) is 0.111. The van der Waals surface area contributed by atoms with Crippen LogP contribution in [0.15, 0.2) is 61.2 Å². The molecule has 88 valence electrons. The molecule has 0 fully saturated rings. The highest BCUT2D eigenvalue weighted by Crippen LogP contribution is 2.31. The minimum Gasteiger partial charge on any atom is -0.0952 e. The summed E-state index contributed by atoms with van der Waals surface area (Å²) < 4.78 is 0. The zero-order valence-electron chi connectivity index (χ0n) is 10.6. The van der Waals surface area contributed by atoms with Crippen molar-refractivity contribution in [2.45, 2.75) is 13.3 Å². The van der Waals surface area contributed by atoms with Gasteiger partial charge in [0.1, 0.15) is 0 Å². The maximum atomic E-state index is 4.17. The molecule has 0 heteroatoms. The van der Waals surface area contributed by atoms with E-state index in [0.717, 1.165) is 6.42 Å². The van der Waals surface area contributed by atoms with E-state index in [1.165, 1.54) is 32.7 Å². The first kappa shape index (κ1) is 11.0. The van der Waals surface area contributed by atoms with Crippen LogP contribution in [0.1, 0.15) is 18.9 Å². The van der Waals surface area contributed by atoms with E-state index in [0.29, 0.717) is 0 Å². The molecule has 3 rings (SSSR count). The van der Waals surface area contributed by atoms with Gasteiger partial charge in [-0.05, 0) is 39.1 Å². The normalized spacial score (nSPS) is 10.9. The number of benzene rings is 3. The zero-order chi connectivity index (χ0) is 12.5. The van der Waals surface area contributed by atoms with Crippen molar-refractivity contribution in [1.29, 1.82) is 0 Å². The van der Waals surface area contributed by atoms with Gasteiger partial charge in [0, 0.05) is 0 Å². The smallest absolute Gasteiger partial charge is 0.00993 e. The molecule has 0 nitrogen and oxygen atoms in total. The summed E-state index contributed by atoms with van der Waals surface area (Å²) in [4.78, 5) is 0. The summed E-state index contributed by atoms with van der Waals surface area (Å²) in [7, 11) is 0. The molecule has 18 heavy (non-hydrogen) atoms. The standard InChI is InChI=1S/C18H16/c1-3-13(2)15-9-6-10-17-16-8-5-4-7-14(16)11-12-18(15)17/h4-12H,2-3H2,1H3. The van der Waals surface area contributed by atoms with Crippen LogP contribution in [-0.4, -0.2) is 0 Å². The minimum atomic E-state index is 0.992. The molecule has 0 aromatic heterocycles. The molecule has 0 aliphatic carbocycles. The fourth-order valence-corrected chi connectivity index (χ4v) is 2.54. The Bertz CT molecular complexity index is 735. The molecule has 0 spiro atoms. The van der Waals surface area contributed by atoms with Crippen molar-refractivity contribution in [3.63, 3.8) is 0 Å². The number of fused-ring (bicyclic) bond motifs is 3. The Morgan fingerprint density at radius 1 is 0.833 bits per heavy atom. The molecule has 0 N–H and O–H groups in total. The zero-order valence-corrected chi connectivity index (χ0v) is 10.6. The first-order chi connectivity index (χ1) is 8.81. The lowest BCUT2D eigenvalue weighted by Crippen LogP contribution is -1.85. The van der Waals surface area contributed by atoms with Crippen molar-refractivity contribution >= 4 is 27.1 Å². The lowest BCUT2D eigenvalue weighted by molar-refractivity contribution is 1.25. The molecular formula is C18H16. The predicted octanol–water partition coefficient (Wildman–Crippen LogP) is 5.42. The summed E-state index contributed by atoms with van der Waals surface area (Å²) in [5.74, 6) is 0. The van der Waals surface area contributed by atoms with E-state index in [1.54, 1.807) is 0 Å². The number of hydrogen-bond acceptors (Lipinski definition) is 0. The highest BCUT2D eigenvalue weighted by molar-refractivity contribution is 6.10. The Hall–Kier alpha value is -2.08. The fourth-order valence-electron chi connectivity index (χ4n) is 2.54. The number of allylic oxidation sites excluding steroid dienone is 1. The van der Waals surface area contributed by atoms with E-state index in [9.17, 15) is 0 Å². The van der Waals surface area contributed by atoms with Crippen molar-refractivity contribution in [2.75, 3.05) is 0 Å². The van der Waals surface area contributed by atoms with Crippen LogP contribution in [0.5, 0.6) is 0 Å². The molecule has 0 aliphatic heterocycles. The SMILES string of the molecule is C=C(CC)c1cccc2c1ccc1ccccc12. The molecule has 0 radical (unpaired) electrons. The molecule has 0 saturated heterocycles. The van der Waals surface area contributed by atoms with Gasteiger partial charge >= 0.3 is 0 Å². The van der Waals surface area contributed by atoms with Gasteiger partial charge in [-0.25, -0.2) is 0 Å². The minimum absolute atomic E-state index is 0.992. The highest BCUT2D eigenvalue weighted by atomic mass is 14.1. The van der Waals surface area contributed by atoms with E-state index in [2.05, 4.69) is 68.1 Å². The van der Waals surface area contributed by atoms with E-state index in [1.807, 2.05) is 0 Å². The van der Waals surface area contributed by atoms with Crippen LogP contribution in [-0.2, 0) is 0 Å². The average Bonchev–Trinajstić information content (AvgIpc) is 2.45. The molecule has 0 amide bonds. The topological polar surface area (TPSA) is 0 Å². The first-order valence-electron chi connectivity index (χ1n) is 6.40. The maximum absolute atomic E-state index is 4.17. The largest absolute Gasteiger partial charge is 0.0952 e. The van der Waals surface area contributed by atoms with Gasteiger partial charge in [0.15, 0.2) is 0 Å². The third-order valence-electron chi connectivity index (χ3n) is 3.59. The Kier molecular flexibility index (Phi) is 2.64. The average molecular weight is 232 g/mol. The van der Waals surface area contributed by atoms with Gasteiger partial charge in [0.2, 0.25) is 0 Å². The second-order valence-corrected chi connectivity index (χ2v) is 4.64. The third kappa shape index (κ3) is 1.62. The summed E-state index contributed by atoms with van der Waals surface area (Å²) >= 11 is 0. The van der Waals surface area contributed by atoms with Gasteiger partial charge in [-0.3, -0.25) is 0 Å². The third-order valence-corrected chi connectivity index (χ3v) is 3.59. The predicted molar refractivity (Wildman–Crippen MR) is 80.8 cm³/mol. The van der Waals surface area contributed by atoms with Crippen molar-refractivity contribution in [2.24, 2.45) is 0 Å². The van der Waals surface area contributed by atoms with Crippen molar-refractivity contribution in [3.05, 3.63) is 66.7 Å². The van der Waals surface area contributed by atoms with E-state index in [-0.39, 0.29) is 0 Å². The maximum Gasteiger partial charge on any atom is -0.00993 e. The second kappa shape index (κ2) is 4.30. The summed E-state index contributed by atoms with van der Waals surface area (Å²) in [6.45, 7) is 6.33. The lowest BCUT2D eigenvalue weighted by atomic mass is 9.94. The summed E-state index contributed by atoms with van der Waals surface area (Å²) in [6.07, 6.45) is 0.992. The van der Waals surface area contributed by atoms with Crippen LogP contribution in [0, 0.1) is 0 Å². The number of rotatable bonds is 2. The quantitative estimate of drug-likeness (QED) is 0.518. The van der Waals surface area contributed by atoms with Gasteiger partial charge in [0.05, 0.1) is 0 Å².